The Hall–Kier alpha value is -2.22. The van der Waals surface area contributed by atoms with Crippen LogP contribution in [0.25, 0.3) is 0 Å². The number of primary amides is 1. The standard InChI is InChI=1S/C12H16FN3O4/c1-7(6-12(2,15)11(14)17)20-10-4-3-8(13)5-9(10)16(18)19/h3-5,7H,6,15H2,1-2H3,(H2,14,17). The lowest BCUT2D eigenvalue weighted by molar-refractivity contribution is -0.386. The lowest BCUT2D eigenvalue weighted by Crippen LogP contribution is -2.51. The number of ether oxygens (including phenoxy) is 1. The third-order valence-corrected chi connectivity index (χ3v) is 2.72. The van der Waals surface area contributed by atoms with E-state index in [1.54, 1.807) is 6.92 Å². The number of rotatable bonds is 6. The summed E-state index contributed by atoms with van der Waals surface area (Å²) in [6, 6.07) is 2.96. The van der Waals surface area contributed by atoms with Crippen molar-refractivity contribution in [2.45, 2.75) is 31.9 Å². The van der Waals surface area contributed by atoms with Crippen molar-refractivity contribution in [2.75, 3.05) is 0 Å². The lowest BCUT2D eigenvalue weighted by Gasteiger charge is -2.24. The SMILES string of the molecule is CC(CC(C)(N)C(N)=O)Oc1ccc(F)cc1[N+](=O)[O-]. The summed E-state index contributed by atoms with van der Waals surface area (Å²) in [5.74, 6) is -1.54. The van der Waals surface area contributed by atoms with Crippen LogP contribution in [0.1, 0.15) is 20.3 Å². The summed E-state index contributed by atoms with van der Waals surface area (Å²) in [5, 5.41) is 10.8. The predicted octanol–water partition coefficient (Wildman–Crippen LogP) is 1.09. The van der Waals surface area contributed by atoms with E-state index in [1.165, 1.54) is 6.92 Å². The van der Waals surface area contributed by atoms with E-state index in [-0.39, 0.29) is 12.2 Å². The van der Waals surface area contributed by atoms with Crippen LogP contribution < -0.4 is 16.2 Å². The fourth-order valence-electron chi connectivity index (χ4n) is 1.69. The van der Waals surface area contributed by atoms with Gasteiger partial charge in [-0.3, -0.25) is 14.9 Å². The summed E-state index contributed by atoms with van der Waals surface area (Å²) in [4.78, 5) is 21.2. The molecule has 0 fully saturated rings. The van der Waals surface area contributed by atoms with Crippen LogP contribution in [0, 0.1) is 15.9 Å². The first-order chi connectivity index (χ1) is 9.13. The predicted molar refractivity (Wildman–Crippen MR) is 69.5 cm³/mol. The van der Waals surface area contributed by atoms with Crippen LogP contribution in [0.4, 0.5) is 10.1 Å². The van der Waals surface area contributed by atoms with Crippen LogP contribution in [0.15, 0.2) is 18.2 Å². The molecule has 0 spiro atoms. The Morgan fingerprint density at radius 1 is 1.60 bits per heavy atom. The van der Waals surface area contributed by atoms with E-state index in [0.29, 0.717) is 0 Å². The topological polar surface area (TPSA) is 121 Å². The van der Waals surface area contributed by atoms with Gasteiger partial charge in [0.15, 0.2) is 5.75 Å². The molecule has 8 heteroatoms. The zero-order valence-corrected chi connectivity index (χ0v) is 11.1. The van der Waals surface area contributed by atoms with E-state index < -0.39 is 34.0 Å². The summed E-state index contributed by atoms with van der Waals surface area (Å²) in [6.45, 7) is 3.02. The molecule has 0 aliphatic rings. The number of nitro groups is 1. The normalized spacial score (nSPS) is 15.2. The first kappa shape index (κ1) is 15.8. The molecule has 1 aromatic carbocycles. The van der Waals surface area contributed by atoms with Gasteiger partial charge in [0.1, 0.15) is 5.82 Å². The molecule has 7 nitrogen and oxygen atoms in total. The number of benzene rings is 1. The fraction of sp³-hybridized carbons (Fsp3) is 0.417. The molecule has 2 atom stereocenters. The van der Waals surface area contributed by atoms with E-state index in [0.717, 1.165) is 18.2 Å². The third kappa shape index (κ3) is 3.89. The Bertz CT molecular complexity index is 533. The molecular formula is C12H16FN3O4. The van der Waals surface area contributed by atoms with E-state index >= 15 is 0 Å². The van der Waals surface area contributed by atoms with E-state index in [2.05, 4.69) is 0 Å². The van der Waals surface area contributed by atoms with Gasteiger partial charge in [0.05, 0.1) is 22.6 Å². The minimum Gasteiger partial charge on any atom is -0.484 e. The maximum Gasteiger partial charge on any atom is 0.313 e. The minimum absolute atomic E-state index is 0.0663. The summed E-state index contributed by atoms with van der Waals surface area (Å²) in [7, 11) is 0. The number of halogens is 1. The number of hydrogen-bond acceptors (Lipinski definition) is 5. The quantitative estimate of drug-likeness (QED) is 0.598. The molecular weight excluding hydrogens is 269 g/mol. The molecule has 0 saturated heterocycles. The van der Waals surface area contributed by atoms with Gasteiger partial charge in [-0.2, -0.15) is 0 Å². The van der Waals surface area contributed by atoms with Gasteiger partial charge in [0.25, 0.3) is 0 Å². The number of nitrogens with two attached hydrogens (primary N) is 2. The number of amides is 1. The summed E-state index contributed by atoms with van der Waals surface area (Å²) >= 11 is 0. The van der Waals surface area contributed by atoms with Crippen molar-refractivity contribution in [3.8, 4) is 5.75 Å². The molecule has 0 aliphatic carbocycles. The van der Waals surface area contributed by atoms with Crippen molar-refractivity contribution in [1.82, 2.24) is 0 Å². The molecule has 0 heterocycles. The van der Waals surface area contributed by atoms with Gasteiger partial charge in [-0.25, -0.2) is 4.39 Å². The molecule has 1 amide bonds. The van der Waals surface area contributed by atoms with Gasteiger partial charge in [-0.15, -0.1) is 0 Å². The Morgan fingerprint density at radius 2 is 2.20 bits per heavy atom. The number of carbonyl (C=O) groups is 1. The number of carbonyl (C=O) groups excluding carboxylic acids is 1. The van der Waals surface area contributed by atoms with Gasteiger partial charge >= 0.3 is 5.69 Å². The van der Waals surface area contributed by atoms with E-state index in [1.807, 2.05) is 0 Å². The van der Waals surface area contributed by atoms with E-state index in [4.69, 9.17) is 16.2 Å². The second kappa shape index (κ2) is 5.83. The van der Waals surface area contributed by atoms with Gasteiger partial charge in [0.2, 0.25) is 5.91 Å². The molecule has 1 aromatic rings. The average Bonchev–Trinajstić information content (AvgIpc) is 2.30. The Kier molecular flexibility index (Phi) is 4.61. The van der Waals surface area contributed by atoms with Crippen molar-refractivity contribution >= 4 is 11.6 Å². The number of nitro benzene ring substituents is 1. The Labute approximate surface area is 114 Å². The number of nitrogens with zero attached hydrogens (tertiary/aromatic N) is 1. The lowest BCUT2D eigenvalue weighted by atomic mass is 9.95. The highest BCUT2D eigenvalue weighted by molar-refractivity contribution is 5.83. The zero-order chi connectivity index (χ0) is 15.5. The van der Waals surface area contributed by atoms with Gasteiger partial charge in [-0.1, -0.05) is 0 Å². The molecule has 4 N–H and O–H groups in total. The Balaban J connectivity index is 2.88. The minimum atomic E-state index is -1.30. The molecule has 110 valence electrons. The van der Waals surface area contributed by atoms with Crippen molar-refractivity contribution < 1.29 is 18.8 Å². The van der Waals surface area contributed by atoms with Crippen LogP contribution in [0.3, 0.4) is 0 Å². The highest BCUT2D eigenvalue weighted by Gasteiger charge is 2.29. The Morgan fingerprint density at radius 3 is 2.70 bits per heavy atom. The average molecular weight is 285 g/mol. The fourth-order valence-corrected chi connectivity index (χ4v) is 1.69. The molecule has 0 radical (unpaired) electrons. The van der Waals surface area contributed by atoms with Crippen molar-refractivity contribution in [1.29, 1.82) is 0 Å². The molecule has 0 saturated carbocycles. The summed E-state index contributed by atoms with van der Waals surface area (Å²) in [6.07, 6.45) is -0.543. The molecule has 2 unspecified atom stereocenters. The van der Waals surface area contributed by atoms with Crippen LogP contribution >= 0.6 is 0 Å². The molecule has 0 aromatic heterocycles. The number of hydrogen-bond donors (Lipinski definition) is 2. The van der Waals surface area contributed by atoms with Crippen molar-refractivity contribution in [3.63, 3.8) is 0 Å². The monoisotopic (exact) mass is 285 g/mol. The second-order valence-electron chi connectivity index (χ2n) is 4.78. The first-order valence-electron chi connectivity index (χ1n) is 5.83. The second-order valence-corrected chi connectivity index (χ2v) is 4.78. The molecule has 20 heavy (non-hydrogen) atoms. The van der Waals surface area contributed by atoms with Crippen molar-refractivity contribution in [3.05, 3.63) is 34.1 Å². The largest absolute Gasteiger partial charge is 0.484 e. The van der Waals surface area contributed by atoms with Crippen LogP contribution in [-0.4, -0.2) is 22.5 Å². The summed E-state index contributed by atoms with van der Waals surface area (Å²) < 4.78 is 18.3. The van der Waals surface area contributed by atoms with Crippen LogP contribution in [0.5, 0.6) is 5.75 Å². The maximum absolute atomic E-state index is 13.0. The highest BCUT2D eigenvalue weighted by Crippen LogP contribution is 2.29. The van der Waals surface area contributed by atoms with Crippen LogP contribution in [0.2, 0.25) is 0 Å². The zero-order valence-electron chi connectivity index (χ0n) is 11.1. The van der Waals surface area contributed by atoms with Crippen LogP contribution in [-0.2, 0) is 4.79 Å². The summed E-state index contributed by atoms with van der Waals surface area (Å²) in [5.41, 5.74) is 9.03. The highest BCUT2D eigenvalue weighted by atomic mass is 19.1. The molecule has 0 bridgehead atoms. The maximum atomic E-state index is 13.0. The first-order valence-corrected chi connectivity index (χ1v) is 5.83. The van der Waals surface area contributed by atoms with Gasteiger partial charge < -0.3 is 16.2 Å². The molecule has 1 rings (SSSR count). The van der Waals surface area contributed by atoms with E-state index in [9.17, 15) is 19.3 Å². The van der Waals surface area contributed by atoms with Gasteiger partial charge in [-0.05, 0) is 26.0 Å². The van der Waals surface area contributed by atoms with Crippen molar-refractivity contribution in [2.24, 2.45) is 11.5 Å². The molecule has 0 aliphatic heterocycles. The third-order valence-electron chi connectivity index (χ3n) is 2.72. The van der Waals surface area contributed by atoms with Gasteiger partial charge in [0, 0.05) is 6.42 Å². The smallest absolute Gasteiger partial charge is 0.313 e.